The predicted molar refractivity (Wildman–Crippen MR) is 64.1 cm³/mol. The van der Waals surface area contributed by atoms with Gasteiger partial charge in [0.2, 0.25) is 0 Å². The van der Waals surface area contributed by atoms with E-state index in [-0.39, 0.29) is 0 Å². The number of fused-ring (bicyclic) bond motifs is 1. The van der Waals surface area contributed by atoms with Crippen molar-refractivity contribution in [1.82, 2.24) is 0 Å². The van der Waals surface area contributed by atoms with Crippen LogP contribution in [0.1, 0.15) is 43.7 Å². The molecule has 0 atom stereocenters. The van der Waals surface area contributed by atoms with Crippen molar-refractivity contribution in [2.75, 3.05) is 0 Å². The fourth-order valence-electron chi connectivity index (χ4n) is 2.33. The molecule has 1 aliphatic carbocycles. The van der Waals surface area contributed by atoms with Crippen LogP contribution in [0.15, 0.2) is 23.2 Å². The Kier molecular flexibility index (Phi) is 1.95. The summed E-state index contributed by atoms with van der Waals surface area (Å²) in [5, 5.41) is 0. The van der Waals surface area contributed by atoms with Crippen LogP contribution in [-0.4, -0.2) is 5.71 Å². The van der Waals surface area contributed by atoms with Crippen molar-refractivity contribution in [1.29, 1.82) is 0 Å². The third kappa shape index (κ3) is 1.50. The van der Waals surface area contributed by atoms with Gasteiger partial charge in [-0.05, 0) is 35.8 Å². The summed E-state index contributed by atoms with van der Waals surface area (Å²) in [4.78, 5) is 4.83. The lowest BCUT2D eigenvalue weighted by Gasteiger charge is -2.03. The van der Waals surface area contributed by atoms with Crippen LogP contribution in [0, 0.1) is 5.92 Å². The Labute approximate surface area is 91.2 Å². The predicted octanol–water partition coefficient (Wildman–Crippen LogP) is 3.85. The second-order valence-electron chi connectivity index (χ2n) is 5.06. The average molecular weight is 199 g/mol. The molecule has 78 valence electrons. The number of nitrogens with zero attached hydrogens (tertiary/aromatic N) is 1. The molecular weight excluding hydrogens is 182 g/mol. The molecule has 0 aromatic heterocycles. The standard InChI is InChI=1S/C14H17N/c1-9(2)13-8-11-4-3-5-12(10-6-7-10)14(11)15-13/h3-5,9-10H,6-8H2,1-2H3. The number of hydrogen-bond acceptors (Lipinski definition) is 1. The monoisotopic (exact) mass is 199 g/mol. The van der Waals surface area contributed by atoms with Gasteiger partial charge in [0.05, 0.1) is 5.69 Å². The Morgan fingerprint density at radius 2 is 2.07 bits per heavy atom. The molecule has 2 aliphatic rings. The fraction of sp³-hybridized carbons (Fsp3) is 0.500. The van der Waals surface area contributed by atoms with E-state index in [2.05, 4.69) is 32.0 Å². The van der Waals surface area contributed by atoms with E-state index in [1.165, 1.54) is 35.4 Å². The molecule has 1 aliphatic heterocycles. The summed E-state index contributed by atoms with van der Waals surface area (Å²) in [7, 11) is 0. The number of para-hydroxylation sites is 1. The average Bonchev–Trinajstić information content (AvgIpc) is 2.95. The molecule has 0 radical (unpaired) electrons. The van der Waals surface area contributed by atoms with Crippen molar-refractivity contribution in [2.24, 2.45) is 10.9 Å². The van der Waals surface area contributed by atoms with E-state index in [4.69, 9.17) is 4.99 Å². The molecule has 0 bridgehead atoms. The van der Waals surface area contributed by atoms with Gasteiger partial charge < -0.3 is 0 Å². The molecule has 0 N–H and O–H groups in total. The maximum absolute atomic E-state index is 4.83. The smallest absolute Gasteiger partial charge is 0.0699 e. The van der Waals surface area contributed by atoms with Gasteiger partial charge in [0.1, 0.15) is 0 Å². The molecule has 1 aromatic rings. The van der Waals surface area contributed by atoms with Gasteiger partial charge in [-0.3, -0.25) is 4.99 Å². The summed E-state index contributed by atoms with van der Waals surface area (Å²) in [5.74, 6) is 1.40. The Morgan fingerprint density at radius 3 is 2.73 bits per heavy atom. The first-order valence-corrected chi connectivity index (χ1v) is 5.95. The van der Waals surface area contributed by atoms with Gasteiger partial charge in [-0.25, -0.2) is 0 Å². The fourth-order valence-corrected chi connectivity index (χ4v) is 2.33. The van der Waals surface area contributed by atoms with E-state index >= 15 is 0 Å². The van der Waals surface area contributed by atoms with Crippen molar-refractivity contribution >= 4 is 11.4 Å². The molecule has 0 unspecified atom stereocenters. The topological polar surface area (TPSA) is 12.4 Å². The van der Waals surface area contributed by atoms with Crippen LogP contribution in [0.3, 0.4) is 0 Å². The summed E-state index contributed by atoms with van der Waals surface area (Å²) in [6, 6.07) is 6.70. The Hall–Kier alpha value is -1.11. The third-order valence-electron chi connectivity index (χ3n) is 3.46. The van der Waals surface area contributed by atoms with Gasteiger partial charge in [0, 0.05) is 12.1 Å². The molecule has 3 rings (SSSR count). The van der Waals surface area contributed by atoms with E-state index in [0.29, 0.717) is 5.92 Å². The van der Waals surface area contributed by atoms with Crippen molar-refractivity contribution < 1.29 is 0 Å². The number of rotatable bonds is 2. The van der Waals surface area contributed by atoms with E-state index in [1.807, 2.05) is 0 Å². The second-order valence-corrected chi connectivity index (χ2v) is 5.06. The summed E-state index contributed by atoms with van der Waals surface area (Å²) >= 11 is 0. The van der Waals surface area contributed by atoms with E-state index in [0.717, 1.165) is 12.3 Å². The van der Waals surface area contributed by atoms with Crippen LogP contribution in [0.5, 0.6) is 0 Å². The summed E-state index contributed by atoms with van der Waals surface area (Å²) in [6.45, 7) is 4.48. The van der Waals surface area contributed by atoms with Crippen molar-refractivity contribution in [3.8, 4) is 0 Å². The van der Waals surface area contributed by atoms with E-state index in [1.54, 1.807) is 0 Å². The lowest BCUT2D eigenvalue weighted by atomic mass is 10.00. The summed E-state index contributed by atoms with van der Waals surface area (Å²) < 4.78 is 0. The van der Waals surface area contributed by atoms with Crippen LogP contribution in [-0.2, 0) is 6.42 Å². The zero-order valence-electron chi connectivity index (χ0n) is 9.46. The lowest BCUT2D eigenvalue weighted by Crippen LogP contribution is -2.06. The van der Waals surface area contributed by atoms with Crippen LogP contribution >= 0.6 is 0 Å². The molecule has 1 heteroatoms. The Bertz CT molecular complexity index is 425. The van der Waals surface area contributed by atoms with E-state index in [9.17, 15) is 0 Å². The molecule has 1 saturated carbocycles. The molecule has 0 amide bonds. The minimum atomic E-state index is 0.587. The quantitative estimate of drug-likeness (QED) is 0.686. The number of benzene rings is 1. The van der Waals surface area contributed by atoms with Gasteiger partial charge in [-0.2, -0.15) is 0 Å². The van der Waals surface area contributed by atoms with Gasteiger partial charge in [0.15, 0.2) is 0 Å². The van der Waals surface area contributed by atoms with Crippen LogP contribution in [0.2, 0.25) is 0 Å². The summed E-state index contributed by atoms with van der Waals surface area (Å²) in [6.07, 6.45) is 3.81. The molecular formula is C14H17N. The van der Waals surface area contributed by atoms with Crippen molar-refractivity contribution in [3.63, 3.8) is 0 Å². The molecule has 1 nitrogen and oxygen atoms in total. The molecule has 15 heavy (non-hydrogen) atoms. The maximum Gasteiger partial charge on any atom is 0.0699 e. The molecule has 0 saturated heterocycles. The minimum absolute atomic E-state index is 0.587. The maximum atomic E-state index is 4.83. The van der Waals surface area contributed by atoms with Gasteiger partial charge >= 0.3 is 0 Å². The SMILES string of the molecule is CC(C)C1=Nc2c(cccc2C2CC2)C1. The summed E-state index contributed by atoms with van der Waals surface area (Å²) in [5.41, 5.74) is 5.62. The number of aliphatic imine (C=N–C) groups is 1. The van der Waals surface area contributed by atoms with Crippen molar-refractivity contribution in [3.05, 3.63) is 29.3 Å². The van der Waals surface area contributed by atoms with Gasteiger partial charge in [-0.1, -0.05) is 32.0 Å². The molecule has 1 aromatic carbocycles. The normalized spacial score (nSPS) is 19.3. The molecule has 1 fully saturated rings. The third-order valence-corrected chi connectivity index (χ3v) is 3.46. The first-order chi connectivity index (χ1) is 7.25. The molecule has 0 spiro atoms. The zero-order chi connectivity index (χ0) is 10.4. The largest absolute Gasteiger partial charge is 0.257 e. The highest BCUT2D eigenvalue weighted by atomic mass is 14.8. The van der Waals surface area contributed by atoms with Crippen LogP contribution < -0.4 is 0 Å². The van der Waals surface area contributed by atoms with E-state index < -0.39 is 0 Å². The first-order valence-electron chi connectivity index (χ1n) is 5.95. The van der Waals surface area contributed by atoms with Gasteiger partial charge in [-0.15, -0.1) is 0 Å². The zero-order valence-corrected chi connectivity index (χ0v) is 9.46. The highest BCUT2D eigenvalue weighted by Crippen LogP contribution is 2.47. The lowest BCUT2D eigenvalue weighted by molar-refractivity contribution is 0.871. The Balaban J connectivity index is 2.04. The highest BCUT2D eigenvalue weighted by molar-refractivity contribution is 5.95. The first kappa shape index (κ1) is 9.14. The van der Waals surface area contributed by atoms with Gasteiger partial charge in [0.25, 0.3) is 0 Å². The number of hydrogen-bond donors (Lipinski definition) is 0. The minimum Gasteiger partial charge on any atom is -0.257 e. The Morgan fingerprint density at radius 1 is 1.27 bits per heavy atom. The highest BCUT2D eigenvalue weighted by Gasteiger charge is 2.29. The van der Waals surface area contributed by atoms with Crippen molar-refractivity contribution in [2.45, 2.75) is 39.0 Å². The second kappa shape index (κ2) is 3.19. The molecule has 1 heterocycles. The van der Waals surface area contributed by atoms with Crippen LogP contribution in [0.4, 0.5) is 5.69 Å². The van der Waals surface area contributed by atoms with Crippen LogP contribution in [0.25, 0.3) is 0 Å².